The molecule has 2 rings (SSSR count). The van der Waals surface area contributed by atoms with Gasteiger partial charge in [-0.05, 0) is 30.7 Å². The molecule has 20 heavy (non-hydrogen) atoms. The number of carboxylic acids is 1. The highest BCUT2D eigenvalue weighted by Gasteiger charge is 2.10. The summed E-state index contributed by atoms with van der Waals surface area (Å²) in [6.07, 6.45) is 0. The first kappa shape index (κ1) is 14.5. The van der Waals surface area contributed by atoms with E-state index < -0.39 is 5.97 Å². The van der Waals surface area contributed by atoms with Crippen molar-refractivity contribution in [3.05, 3.63) is 64.4 Å². The number of hydrogen-bond acceptors (Lipinski definition) is 3. The van der Waals surface area contributed by atoms with Crippen LogP contribution in [0.4, 0.5) is 0 Å². The molecule has 1 aromatic heterocycles. The molecule has 0 saturated heterocycles. The van der Waals surface area contributed by atoms with Gasteiger partial charge in [0.2, 0.25) is 0 Å². The van der Waals surface area contributed by atoms with Gasteiger partial charge in [-0.2, -0.15) is 0 Å². The highest BCUT2D eigenvalue weighted by Crippen LogP contribution is 2.22. The predicted molar refractivity (Wildman–Crippen MR) is 77.9 cm³/mol. The molecule has 104 valence electrons. The van der Waals surface area contributed by atoms with Crippen LogP contribution in [0.15, 0.2) is 42.5 Å². The Morgan fingerprint density at radius 3 is 2.75 bits per heavy atom. The predicted octanol–water partition coefficient (Wildman–Crippen LogP) is 3.28. The van der Waals surface area contributed by atoms with Gasteiger partial charge in [0.15, 0.2) is 0 Å². The second-order valence-corrected chi connectivity index (χ2v) is 4.85. The van der Waals surface area contributed by atoms with Crippen molar-refractivity contribution < 1.29 is 9.90 Å². The third kappa shape index (κ3) is 3.56. The SMILES string of the molecule is C[C@H](NCc1cccc(C(=O)O)n1)c1ccccc1Cl. The molecule has 4 nitrogen and oxygen atoms in total. The minimum Gasteiger partial charge on any atom is -0.477 e. The van der Waals surface area contributed by atoms with Crippen molar-refractivity contribution in [3.63, 3.8) is 0 Å². The Labute approximate surface area is 122 Å². The number of rotatable bonds is 5. The van der Waals surface area contributed by atoms with Gasteiger partial charge in [-0.3, -0.25) is 0 Å². The first-order valence-electron chi connectivity index (χ1n) is 6.25. The summed E-state index contributed by atoms with van der Waals surface area (Å²) in [4.78, 5) is 14.9. The zero-order valence-electron chi connectivity index (χ0n) is 11.0. The van der Waals surface area contributed by atoms with Crippen molar-refractivity contribution >= 4 is 17.6 Å². The first-order chi connectivity index (χ1) is 9.58. The van der Waals surface area contributed by atoms with Crippen LogP contribution in [0, 0.1) is 0 Å². The molecule has 0 amide bonds. The van der Waals surface area contributed by atoms with Crippen molar-refractivity contribution in [2.24, 2.45) is 0 Å². The van der Waals surface area contributed by atoms with Crippen molar-refractivity contribution in [1.82, 2.24) is 10.3 Å². The third-order valence-corrected chi connectivity index (χ3v) is 3.33. The van der Waals surface area contributed by atoms with E-state index in [1.165, 1.54) is 6.07 Å². The molecule has 0 aliphatic rings. The van der Waals surface area contributed by atoms with E-state index in [1.807, 2.05) is 31.2 Å². The van der Waals surface area contributed by atoms with Crippen LogP contribution in [-0.2, 0) is 6.54 Å². The van der Waals surface area contributed by atoms with E-state index in [9.17, 15) is 4.79 Å². The van der Waals surface area contributed by atoms with Crippen LogP contribution in [-0.4, -0.2) is 16.1 Å². The molecule has 0 saturated carbocycles. The fraction of sp³-hybridized carbons (Fsp3) is 0.200. The van der Waals surface area contributed by atoms with E-state index in [-0.39, 0.29) is 11.7 Å². The van der Waals surface area contributed by atoms with E-state index in [0.29, 0.717) is 17.3 Å². The van der Waals surface area contributed by atoms with Gasteiger partial charge in [-0.15, -0.1) is 0 Å². The summed E-state index contributed by atoms with van der Waals surface area (Å²) in [6, 6.07) is 12.6. The molecule has 0 aliphatic heterocycles. The number of carboxylic acid groups (broad SMARTS) is 1. The average Bonchev–Trinajstić information content (AvgIpc) is 2.45. The summed E-state index contributed by atoms with van der Waals surface area (Å²) >= 11 is 6.13. The Balaban J connectivity index is 2.04. The maximum atomic E-state index is 10.9. The van der Waals surface area contributed by atoms with Crippen LogP contribution < -0.4 is 5.32 Å². The Morgan fingerprint density at radius 2 is 2.05 bits per heavy atom. The lowest BCUT2D eigenvalue weighted by Gasteiger charge is -2.15. The number of pyridine rings is 1. The molecule has 1 aromatic carbocycles. The van der Waals surface area contributed by atoms with Gasteiger partial charge in [0.1, 0.15) is 5.69 Å². The lowest BCUT2D eigenvalue weighted by molar-refractivity contribution is 0.0690. The topological polar surface area (TPSA) is 62.2 Å². The zero-order chi connectivity index (χ0) is 14.5. The maximum Gasteiger partial charge on any atom is 0.354 e. The Hall–Kier alpha value is -1.91. The first-order valence-corrected chi connectivity index (χ1v) is 6.63. The van der Waals surface area contributed by atoms with Gasteiger partial charge in [-0.25, -0.2) is 9.78 Å². The number of halogens is 1. The van der Waals surface area contributed by atoms with Crippen LogP contribution in [0.3, 0.4) is 0 Å². The molecular formula is C15H15ClN2O2. The largest absolute Gasteiger partial charge is 0.477 e. The quantitative estimate of drug-likeness (QED) is 0.887. The molecule has 2 aromatic rings. The molecule has 1 heterocycles. The van der Waals surface area contributed by atoms with Gasteiger partial charge in [0, 0.05) is 17.6 Å². The van der Waals surface area contributed by atoms with E-state index in [2.05, 4.69) is 10.3 Å². The lowest BCUT2D eigenvalue weighted by Crippen LogP contribution is -2.19. The lowest BCUT2D eigenvalue weighted by atomic mass is 10.1. The Morgan fingerprint density at radius 1 is 1.30 bits per heavy atom. The second kappa shape index (κ2) is 6.50. The Bertz CT molecular complexity index is 616. The molecule has 0 bridgehead atoms. The van der Waals surface area contributed by atoms with Gasteiger partial charge in [-0.1, -0.05) is 35.9 Å². The minimum absolute atomic E-state index is 0.0506. The molecule has 0 unspecified atom stereocenters. The highest BCUT2D eigenvalue weighted by molar-refractivity contribution is 6.31. The Kier molecular flexibility index (Phi) is 4.71. The monoisotopic (exact) mass is 290 g/mol. The van der Waals surface area contributed by atoms with Crippen LogP contribution in [0.5, 0.6) is 0 Å². The van der Waals surface area contributed by atoms with Crippen molar-refractivity contribution in [2.75, 3.05) is 0 Å². The molecule has 1 atom stereocenters. The number of aromatic nitrogens is 1. The smallest absolute Gasteiger partial charge is 0.354 e. The maximum absolute atomic E-state index is 10.9. The molecule has 5 heteroatoms. The standard InChI is InChI=1S/C15H15ClN2O2/c1-10(12-6-2-3-7-13(12)16)17-9-11-5-4-8-14(18-11)15(19)20/h2-8,10,17H,9H2,1H3,(H,19,20)/t10-/m0/s1. The van der Waals surface area contributed by atoms with E-state index in [0.717, 1.165) is 5.56 Å². The number of nitrogens with one attached hydrogen (secondary N) is 1. The summed E-state index contributed by atoms with van der Waals surface area (Å²) in [6.45, 7) is 2.48. The number of nitrogens with zero attached hydrogens (tertiary/aromatic N) is 1. The zero-order valence-corrected chi connectivity index (χ0v) is 11.8. The summed E-state index contributed by atoms with van der Waals surface area (Å²) in [5, 5.41) is 12.9. The number of carbonyl (C=O) groups is 1. The normalized spacial score (nSPS) is 12.1. The van der Waals surface area contributed by atoms with Gasteiger partial charge in [0.05, 0.1) is 5.69 Å². The number of benzene rings is 1. The molecular weight excluding hydrogens is 276 g/mol. The average molecular weight is 291 g/mol. The molecule has 0 aliphatic carbocycles. The van der Waals surface area contributed by atoms with Crippen molar-refractivity contribution in [2.45, 2.75) is 19.5 Å². The van der Waals surface area contributed by atoms with E-state index >= 15 is 0 Å². The summed E-state index contributed by atoms with van der Waals surface area (Å²) < 4.78 is 0. The van der Waals surface area contributed by atoms with E-state index in [1.54, 1.807) is 12.1 Å². The summed E-state index contributed by atoms with van der Waals surface area (Å²) in [5.41, 5.74) is 1.74. The van der Waals surface area contributed by atoms with Gasteiger partial charge in [0.25, 0.3) is 0 Å². The van der Waals surface area contributed by atoms with Crippen molar-refractivity contribution in [3.8, 4) is 0 Å². The minimum atomic E-state index is -1.02. The molecule has 0 fully saturated rings. The second-order valence-electron chi connectivity index (χ2n) is 4.44. The van der Waals surface area contributed by atoms with Crippen LogP contribution in [0.25, 0.3) is 0 Å². The van der Waals surface area contributed by atoms with Crippen LogP contribution in [0.2, 0.25) is 5.02 Å². The van der Waals surface area contributed by atoms with Crippen LogP contribution >= 0.6 is 11.6 Å². The fourth-order valence-corrected chi connectivity index (χ4v) is 2.19. The van der Waals surface area contributed by atoms with Crippen LogP contribution in [0.1, 0.15) is 34.7 Å². The van der Waals surface area contributed by atoms with Gasteiger partial charge < -0.3 is 10.4 Å². The van der Waals surface area contributed by atoms with Gasteiger partial charge >= 0.3 is 5.97 Å². The third-order valence-electron chi connectivity index (χ3n) is 2.99. The summed E-state index contributed by atoms with van der Waals surface area (Å²) in [7, 11) is 0. The molecule has 0 radical (unpaired) electrons. The summed E-state index contributed by atoms with van der Waals surface area (Å²) in [5.74, 6) is -1.02. The van der Waals surface area contributed by atoms with Crippen molar-refractivity contribution in [1.29, 1.82) is 0 Å². The number of hydrogen-bond donors (Lipinski definition) is 2. The molecule has 2 N–H and O–H groups in total. The van der Waals surface area contributed by atoms with E-state index in [4.69, 9.17) is 16.7 Å². The fourth-order valence-electron chi connectivity index (χ4n) is 1.89. The molecule has 0 spiro atoms. The highest BCUT2D eigenvalue weighted by atomic mass is 35.5. The number of aromatic carboxylic acids is 1.